The topological polar surface area (TPSA) is 95.8 Å². The largest absolute Gasteiger partial charge is 0.501 e. The minimum atomic E-state index is -3.65. The Morgan fingerprint density at radius 1 is 1.32 bits per heavy atom. The van der Waals surface area contributed by atoms with Crippen molar-refractivity contribution in [1.82, 2.24) is 9.62 Å². The van der Waals surface area contributed by atoms with Gasteiger partial charge in [0, 0.05) is 12.1 Å². The van der Waals surface area contributed by atoms with Gasteiger partial charge in [-0.25, -0.2) is 17.9 Å². The Morgan fingerprint density at radius 2 is 2.07 bits per heavy atom. The highest BCUT2D eigenvalue weighted by Crippen LogP contribution is 2.36. The van der Waals surface area contributed by atoms with Crippen LogP contribution in [0.2, 0.25) is 0 Å². The first-order valence-corrected chi connectivity index (χ1v) is 11.3. The summed E-state index contributed by atoms with van der Waals surface area (Å²) in [6, 6.07) is -0.416. The zero-order chi connectivity index (χ0) is 20.1. The molecule has 1 saturated heterocycles. The number of nitrogens with one attached hydrogen (secondary N) is 1. The molecule has 8 nitrogen and oxygen atoms in total. The summed E-state index contributed by atoms with van der Waals surface area (Å²) in [6.45, 7) is 2.88. The predicted octanol–water partition coefficient (Wildman–Crippen LogP) is 0.938. The maximum absolute atomic E-state index is 12.7. The molecule has 4 rings (SSSR count). The van der Waals surface area contributed by atoms with Gasteiger partial charge in [-0.15, -0.1) is 0 Å². The van der Waals surface area contributed by atoms with Gasteiger partial charge in [-0.3, -0.25) is 0 Å². The van der Waals surface area contributed by atoms with E-state index in [1.54, 1.807) is 6.08 Å². The zero-order valence-corrected chi connectivity index (χ0v) is 17.0. The number of carbonyl (C=O) groups excluding carboxylic acids is 2. The van der Waals surface area contributed by atoms with E-state index in [1.165, 1.54) is 23.8 Å². The number of imide groups is 1. The summed E-state index contributed by atoms with van der Waals surface area (Å²) in [5.74, 6) is -0.483. The Labute approximate surface area is 165 Å². The second-order valence-electron chi connectivity index (χ2n) is 8.24. The molecule has 1 saturated carbocycles. The molecule has 2 aliphatic heterocycles. The average Bonchev–Trinajstić information content (AvgIpc) is 3.39. The lowest BCUT2D eigenvalue weighted by Gasteiger charge is -2.27. The molecule has 2 atom stereocenters. The molecular weight excluding hydrogens is 382 g/mol. The van der Waals surface area contributed by atoms with Gasteiger partial charge in [-0.1, -0.05) is 6.08 Å². The Balaban J connectivity index is 1.66. The van der Waals surface area contributed by atoms with Crippen LogP contribution in [0.3, 0.4) is 0 Å². The van der Waals surface area contributed by atoms with Crippen LogP contribution in [0.1, 0.15) is 39.0 Å². The molecule has 2 aliphatic carbocycles. The molecule has 9 heteroatoms. The van der Waals surface area contributed by atoms with Gasteiger partial charge in [-0.05, 0) is 51.2 Å². The van der Waals surface area contributed by atoms with Crippen LogP contribution in [0.5, 0.6) is 0 Å². The molecule has 0 bridgehead atoms. The molecule has 2 heterocycles. The third kappa shape index (κ3) is 3.58. The first kappa shape index (κ1) is 19.5. The predicted molar refractivity (Wildman–Crippen MR) is 103 cm³/mol. The van der Waals surface area contributed by atoms with Gasteiger partial charge < -0.3 is 4.74 Å². The number of nitrogens with zero attached hydrogens (tertiary/aromatic N) is 2. The highest BCUT2D eigenvalue weighted by atomic mass is 32.2. The van der Waals surface area contributed by atoms with Crippen LogP contribution in [0.25, 0.3) is 0 Å². The minimum Gasteiger partial charge on any atom is -0.374 e. The van der Waals surface area contributed by atoms with Crippen LogP contribution in [-0.2, 0) is 19.6 Å². The fourth-order valence-corrected chi connectivity index (χ4v) is 5.40. The van der Waals surface area contributed by atoms with E-state index in [-0.39, 0.29) is 17.2 Å². The number of amides is 3. The number of fused-ring (bicyclic) bond motifs is 1. The highest BCUT2D eigenvalue weighted by molar-refractivity contribution is 7.90. The van der Waals surface area contributed by atoms with E-state index in [0.29, 0.717) is 18.9 Å². The number of urea groups is 1. The number of rotatable bonds is 5. The lowest BCUT2D eigenvalue weighted by atomic mass is 9.99. The summed E-state index contributed by atoms with van der Waals surface area (Å²) in [4.78, 5) is 26.4. The van der Waals surface area contributed by atoms with Crippen LogP contribution < -0.4 is 4.72 Å². The Bertz CT molecular complexity index is 908. The van der Waals surface area contributed by atoms with E-state index in [0.717, 1.165) is 37.0 Å². The van der Waals surface area contributed by atoms with Gasteiger partial charge in [0.15, 0.2) is 0 Å². The molecule has 0 aromatic heterocycles. The third-order valence-corrected chi connectivity index (χ3v) is 7.59. The molecule has 2 unspecified atom stereocenters. The van der Waals surface area contributed by atoms with Gasteiger partial charge in [0.25, 0.3) is 0 Å². The lowest BCUT2D eigenvalue weighted by Crippen LogP contribution is -2.52. The van der Waals surface area contributed by atoms with Crippen molar-refractivity contribution in [3.8, 4) is 0 Å². The zero-order valence-electron chi connectivity index (χ0n) is 16.2. The molecule has 0 spiro atoms. The smallest absolute Gasteiger partial charge is 0.374 e. The Kier molecular flexibility index (Phi) is 4.79. The average molecular weight is 409 g/mol. The van der Waals surface area contributed by atoms with Crippen molar-refractivity contribution < 1.29 is 27.3 Å². The quantitative estimate of drug-likeness (QED) is 0.683. The van der Waals surface area contributed by atoms with Crippen molar-refractivity contribution in [3.63, 3.8) is 0 Å². The number of likely N-dealkylation sites (N-methyl/N-ethyl adjacent to an activating group) is 1. The standard InChI is InChI=1S/C19H26N3O5S/c1-19(8-9-19)20-28(25,26)14-6-7-16-15(11-14)17(23)21(2)18(24)22(16)12-13-5-3-4-10-27-13/h6-7,11,13-14,20H,3-5,8-10,12H2,1-2H3/q+1. The second kappa shape index (κ2) is 6.89. The number of sulfonamides is 1. The van der Waals surface area contributed by atoms with Crippen LogP contribution in [-0.4, -0.2) is 72.6 Å². The van der Waals surface area contributed by atoms with E-state index in [1.807, 2.05) is 6.92 Å². The van der Waals surface area contributed by atoms with E-state index in [9.17, 15) is 18.0 Å². The molecule has 3 amide bonds. The molecule has 4 aliphatic rings. The highest BCUT2D eigenvalue weighted by Gasteiger charge is 2.46. The van der Waals surface area contributed by atoms with Crippen molar-refractivity contribution in [2.75, 3.05) is 20.2 Å². The van der Waals surface area contributed by atoms with Crippen molar-refractivity contribution in [3.05, 3.63) is 23.8 Å². The number of hydrogen-bond donors (Lipinski definition) is 1. The third-order valence-electron chi connectivity index (χ3n) is 5.80. The maximum Gasteiger partial charge on any atom is 0.501 e. The van der Waals surface area contributed by atoms with Crippen LogP contribution >= 0.6 is 0 Å². The fourth-order valence-electron chi connectivity index (χ4n) is 3.77. The van der Waals surface area contributed by atoms with Crippen LogP contribution in [0.4, 0.5) is 4.79 Å². The van der Waals surface area contributed by atoms with Gasteiger partial charge in [0.1, 0.15) is 23.1 Å². The molecule has 0 aromatic carbocycles. The van der Waals surface area contributed by atoms with E-state index in [2.05, 4.69) is 4.72 Å². The molecule has 152 valence electrons. The normalized spacial score (nSPS) is 29.6. The first-order valence-electron chi connectivity index (χ1n) is 9.71. The van der Waals surface area contributed by atoms with Crippen molar-refractivity contribution in [1.29, 1.82) is 0 Å². The van der Waals surface area contributed by atoms with Crippen molar-refractivity contribution >= 4 is 27.7 Å². The molecule has 0 aromatic rings. The summed E-state index contributed by atoms with van der Waals surface area (Å²) in [7, 11) is -2.23. The van der Waals surface area contributed by atoms with Gasteiger partial charge in [0.05, 0.1) is 13.2 Å². The number of carbonyl (C=O) groups is 2. The molecule has 2 fully saturated rings. The lowest BCUT2D eigenvalue weighted by molar-refractivity contribution is -0.450. The Hall–Kier alpha value is -1.84. The van der Waals surface area contributed by atoms with Gasteiger partial charge in [-0.2, -0.15) is 14.3 Å². The number of allylic oxidation sites excluding steroid dienone is 1. The number of hydrogen-bond acceptors (Lipinski definition) is 5. The fraction of sp³-hybridized carbons (Fsp3) is 0.632. The second-order valence-corrected chi connectivity index (χ2v) is 10.1. The first-order chi connectivity index (χ1) is 13.2. The van der Waals surface area contributed by atoms with E-state index >= 15 is 0 Å². The summed E-state index contributed by atoms with van der Waals surface area (Å²) in [6.07, 6.45) is 9.01. The Morgan fingerprint density at radius 3 is 2.71 bits per heavy atom. The van der Waals surface area contributed by atoms with Crippen molar-refractivity contribution in [2.24, 2.45) is 0 Å². The maximum atomic E-state index is 12.7. The van der Waals surface area contributed by atoms with Gasteiger partial charge >= 0.3 is 11.9 Å². The summed E-state index contributed by atoms with van der Waals surface area (Å²) in [5.41, 5.74) is 0.311. The van der Waals surface area contributed by atoms with Crippen molar-refractivity contribution in [2.45, 2.75) is 55.9 Å². The van der Waals surface area contributed by atoms with E-state index < -0.39 is 27.2 Å². The molecule has 0 radical (unpaired) electrons. The van der Waals surface area contributed by atoms with Gasteiger partial charge in [0.2, 0.25) is 10.0 Å². The molecule has 1 N–H and O–H groups in total. The molecule has 28 heavy (non-hydrogen) atoms. The summed E-state index contributed by atoms with van der Waals surface area (Å²) in [5, 5.41) is -0.943. The van der Waals surface area contributed by atoms with E-state index in [4.69, 9.17) is 4.74 Å². The van der Waals surface area contributed by atoms with Crippen LogP contribution in [0.15, 0.2) is 23.8 Å². The minimum absolute atomic E-state index is 0.0839. The summed E-state index contributed by atoms with van der Waals surface area (Å²) >= 11 is 0. The van der Waals surface area contributed by atoms with Crippen LogP contribution in [0, 0.1) is 0 Å². The monoisotopic (exact) mass is 408 g/mol. The summed E-state index contributed by atoms with van der Waals surface area (Å²) < 4.78 is 35.4. The SMILES string of the molecule is CN1C(=O)C2=CC(S(=O)(=O)NC3(C)CC3)C=CC2=[N+](CC2CCCCO2)C1=O. The molecular formula is C19H26N3O5S+. The number of ether oxygens (including phenoxy) is 1.